The number of anilines is 1. The predicted molar refractivity (Wildman–Crippen MR) is 107 cm³/mol. The van der Waals surface area contributed by atoms with Crippen molar-refractivity contribution >= 4 is 5.69 Å². The minimum atomic E-state index is 0.927. The van der Waals surface area contributed by atoms with Crippen LogP contribution in [0.15, 0.2) is 116 Å². The van der Waals surface area contributed by atoms with Crippen LogP contribution < -0.4 is 4.90 Å². The van der Waals surface area contributed by atoms with Crippen LogP contribution in [0, 0.1) is 0 Å². The first-order valence-electron chi connectivity index (χ1n) is 8.66. The molecule has 0 amide bonds. The molecule has 3 aromatic carbocycles. The number of benzene rings is 3. The maximum atomic E-state index is 2.20. The van der Waals surface area contributed by atoms with Crippen LogP contribution in [0.3, 0.4) is 0 Å². The monoisotopic (exact) mass is 325 g/mol. The average molecular weight is 325 g/mol. The Labute approximate surface area is 150 Å². The van der Waals surface area contributed by atoms with Crippen LogP contribution in [0.5, 0.6) is 0 Å². The Morgan fingerprint density at radius 3 is 1.36 bits per heavy atom. The molecule has 0 heterocycles. The Balaban J connectivity index is 1.69. The van der Waals surface area contributed by atoms with Crippen LogP contribution in [-0.4, -0.2) is 0 Å². The summed E-state index contributed by atoms with van der Waals surface area (Å²) < 4.78 is 0. The van der Waals surface area contributed by atoms with Crippen molar-refractivity contribution in [3.8, 4) is 0 Å². The van der Waals surface area contributed by atoms with E-state index in [1.807, 2.05) is 6.07 Å². The van der Waals surface area contributed by atoms with E-state index in [0.29, 0.717) is 0 Å². The molecule has 0 fully saturated rings. The van der Waals surface area contributed by atoms with Crippen molar-refractivity contribution in [2.75, 3.05) is 4.90 Å². The molecular weight excluding hydrogens is 302 g/mol. The maximum absolute atomic E-state index is 2.20. The SMILES string of the molecule is C(=C\N(/C=C/Cc1ccccc1)c1ccccc1)/Cc1ccccc1. The smallest absolute Gasteiger partial charge is 0.0449 e. The number of para-hydroxylation sites is 1. The van der Waals surface area contributed by atoms with Gasteiger partial charge in [-0.2, -0.15) is 0 Å². The molecule has 0 radical (unpaired) electrons. The zero-order valence-electron chi connectivity index (χ0n) is 14.3. The summed E-state index contributed by atoms with van der Waals surface area (Å²) in [6.07, 6.45) is 10.5. The first-order valence-corrected chi connectivity index (χ1v) is 8.66. The second-order valence-electron chi connectivity index (χ2n) is 5.89. The number of hydrogen-bond acceptors (Lipinski definition) is 1. The highest BCUT2D eigenvalue weighted by Crippen LogP contribution is 2.15. The molecule has 0 atom stereocenters. The predicted octanol–water partition coefficient (Wildman–Crippen LogP) is 6.01. The van der Waals surface area contributed by atoms with Crippen molar-refractivity contribution in [2.45, 2.75) is 12.8 Å². The van der Waals surface area contributed by atoms with Crippen molar-refractivity contribution in [2.24, 2.45) is 0 Å². The zero-order chi connectivity index (χ0) is 17.2. The first kappa shape index (κ1) is 16.8. The summed E-state index contributed by atoms with van der Waals surface area (Å²) in [5.41, 5.74) is 3.80. The fourth-order valence-electron chi connectivity index (χ4n) is 2.65. The molecule has 1 nitrogen and oxygen atoms in total. The van der Waals surface area contributed by atoms with Gasteiger partial charge in [-0.05, 0) is 36.1 Å². The molecule has 0 N–H and O–H groups in total. The standard InChI is InChI=1S/C24H23N/c1-4-12-22(13-5-1)16-10-20-25(24-18-8-3-9-19-24)21-11-17-23-14-6-2-7-15-23/h1-15,18-21H,16-17H2/b20-10+,21-11+. The summed E-state index contributed by atoms with van der Waals surface area (Å²) >= 11 is 0. The highest BCUT2D eigenvalue weighted by molar-refractivity contribution is 5.52. The summed E-state index contributed by atoms with van der Waals surface area (Å²) in [7, 11) is 0. The molecule has 0 bridgehead atoms. The summed E-state index contributed by atoms with van der Waals surface area (Å²) in [6, 6.07) is 31.5. The molecule has 124 valence electrons. The Morgan fingerprint density at radius 2 is 0.920 bits per heavy atom. The van der Waals surface area contributed by atoms with E-state index in [0.717, 1.165) is 18.5 Å². The summed E-state index contributed by atoms with van der Waals surface area (Å²) in [4.78, 5) is 2.17. The lowest BCUT2D eigenvalue weighted by Gasteiger charge is -2.15. The summed E-state index contributed by atoms with van der Waals surface area (Å²) in [5.74, 6) is 0. The van der Waals surface area contributed by atoms with Gasteiger partial charge in [0.2, 0.25) is 0 Å². The summed E-state index contributed by atoms with van der Waals surface area (Å²) in [5, 5.41) is 0. The molecule has 3 aromatic rings. The van der Waals surface area contributed by atoms with Gasteiger partial charge in [0.1, 0.15) is 0 Å². The molecule has 0 aliphatic heterocycles. The van der Waals surface area contributed by atoms with Crippen molar-refractivity contribution in [3.63, 3.8) is 0 Å². The normalized spacial score (nSPS) is 11.2. The lowest BCUT2D eigenvalue weighted by molar-refractivity contribution is 1.18. The van der Waals surface area contributed by atoms with Gasteiger partial charge in [0, 0.05) is 18.1 Å². The Morgan fingerprint density at radius 1 is 0.520 bits per heavy atom. The third-order valence-electron chi connectivity index (χ3n) is 3.98. The Bertz CT molecular complexity index is 738. The fourth-order valence-corrected chi connectivity index (χ4v) is 2.65. The van der Waals surface area contributed by atoms with Gasteiger partial charge in [-0.15, -0.1) is 0 Å². The van der Waals surface area contributed by atoms with Gasteiger partial charge in [-0.1, -0.05) is 91.0 Å². The largest absolute Gasteiger partial charge is 0.324 e. The average Bonchev–Trinajstić information content (AvgIpc) is 2.69. The fraction of sp³-hybridized carbons (Fsp3) is 0.0833. The van der Waals surface area contributed by atoms with Crippen molar-refractivity contribution in [1.29, 1.82) is 0 Å². The van der Waals surface area contributed by atoms with Gasteiger partial charge in [0.15, 0.2) is 0 Å². The van der Waals surface area contributed by atoms with E-state index in [-0.39, 0.29) is 0 Å². The van der Waals surface area contributed by atoms with E-state index in [4.69, 9.17) is 0 Å². The van der Waals surface area contributed by atoms with E-state index >= 15 is 0 Å². The van der Waals surface area contributed by atoms with E-state index in [1.165, 1.54) is 11.1 Å². The van der Waals surface area contributed by atoms with E-state index in [1.54, 1.807) is 0 Å². The van der Waals surface area contributed by atoms with Crippen LogP contribution in [0.2, 0.25) is 0 Å². The van der Waals surface area contributed by atoms with E-state index in [2.05, 4.69) is 114 Å². The topological polar surface area (TPSA) is 3.24 Å². The van der Waals surface area contributed by atoms with Crippen LogP contribution in [0.4, 0.5) is 5.69 Å². The molecular formula is C24H23N. The maximum Gasteiger partial charge on any atom is 0.0449 e. The molecule has 0 spiro atoms. The lowest BCUT2D eigenvalue weighted by atomic mass is 10.1. The second-order valence-corrected chi connectivity index (χ2v) is 5.89. The highest BCUT2D eigenvalue weighted by Gasteiger charge is 1.98. The van der Waals surface area contributed by atoms with Gasteiger partial charge in [0.25, 0.3) is 0 Å². The third-order valence-corrected chi connectivity index (χ3v) is 3.98. The van der Waals surface area contributed by atoms with Crippen LogP contribution in [0.25, 0.3) is 0 Å². The highest BCUT2D eigenvalue weighted by atomic mass is 15.1. The third kappa shape index (κ3) is 5.50. The minimum absolute atomic E-state index is 0.927. The Kier molecular flexibility index (Phi) is 6.24. The van der Waals surface area contributed by atoms with Crippen molar-refractivity contribution in [1.82, 2.24) is 0 Å². The molecule has 0 aliphatic rings. The molecule has 0 aliphatic carbocycles. The van der Waals surface area contributed by atoms with Crippen molar-refractivity contribution < 1.29 is 0 Å². The molecule has 0 unspecified atom stereocenters. The first-order chi connectivity index (χ1) is 12.4. The van der Waals surface area contributed by atoms with E-state index < -0.39 is 0 Å². The van der Waals surface area contributed by atoms with E-state index in [9.17, 15) is 0 Å². The van der Waals surface area contributed by atoms with Crippen LogP contribution in [-0.2, 0) is 12.8 Å². The number of nitrogens with zero attached hydrogens (tertiary/aromatic N) is 1. The van der Waals surface area contributed by atoms with Gasteiger partial charge in [-0.3, -0.25) is 0 Å². The molecule has 0 saturated carbocycles. The second kappa shape index (κ2) is 9.29. The van der Waals surface area contributed by atoms with Gasteiger partial charge < -0.3 is 4.90 Å². The number of rotatable bonds is 7. The molecule has 0 saturated heterocycles. The molecule has 25 heavy (non-hydrogen) atoms. The Hall–Kier alpha value is -3.06. The molecule has 1 heteroatoms. The zero-order valence-corrected chi connectivity index (χ0v) is 14.3. The number of allylic oxidation sites excluding steroid dienone is 2. The number of hydrogen-bond donors (Lipinski definition) is 0. The van der Waals surface area contributed by atoms with Crippen LogP contribution in [0.1, 0.15) is 11.1 Å². The summed E-state index contributed by atoms with van der Waals surface area (Å²) in [6.45, 7) is 0. The molecule has 3 rings (SSSR count). The lowest BCUT2D eigenvalue weighted by Crippen LogP contribution is -2.07. The quantitative estimate of drug-likeness (QED) is 0.514. The van der Waals surface area contributed by atoms with Gasteiger partial charge in [0.05, 0.1) is 0 Å². The van der Waals surface area contributed by atoms with Gasteiger partial charge in [-0.25, -0.2) is 0 Å². The minimum Gasteiger partial charge on any atom is -0.324 e. The van der Waals surface area contributed by atoms with Gasteiger partial charge >= 0.3 is 0 Å². The molecule has 0 aromatic heterocycles. The van der Waals surface area contributed by atoms with Crippen LogP contribution >= 0.6 is 0 Å². The van der Waals surface area contributed by atoms with Crippen molar-refractivity contribution in [3.05, 3.63) is 127 Å².